The van der Waals surface area contributed by atoms with E-state index in [4.69, 9.17) is 4.74 Å². The second kappa shape index (κ2) is 7.37. The fourth-order valence-corrected chi connectivity index (χ4v) is 5.01. The summed E-state index contributed by atoms with van der Waals surface area (Å²) < 4.78 is 5.91. The van der Waals surface area contributed by atoms with Crippen LogP contribution in [0.1, 0.15) is 27.4 Å². The predicted molar refractivity (Wildman–Crippen MR) is 119 cm³/mol. The van der Waals surface area contributed by atoms with E-state index in [1.165, 1.54) is 11.9 Å². The standard InChI is InChI=1S/C25H23N3O4/c1-4-13-32-17-12-8-7-11-16(17)18-19-21(14-9-5-6-10-15(14)22(19)29)26-23-20(18)24(30)28(3)25(31)27(23)2/h4-12,18,20,23,26H,1,13H2,2-3H3. The molecule has 0 aromatic heterocycles. The van der Waals surface area contributed by atoms with Crippen molar-refractivity contribution in [3.63, 3.8) is 0 Å². The van der Waals surface area contributed by atoms with E-state index in [0.29, 0.717) is 29.2 Å². The van der Waals surface area contributed by atoms with E-state index in [1.54, 1.807) is 19.2 Å². The molecule has 0 spiro atoms. The van der Waals surface area contributed by atoms with Crippen LogP contribution in [-0.4, -0.2) is 54.4 Å². The van der Waals surface area contributed by atoms with Gasteiger partial charge in [0.15, 0.2) is 5.78 Å². The number of carbonyl (C=O) groups excluding carboxylic acids is 3. The summed E-state index contributed by atoms with van der Waals surface area (Å²) in [7, 11) is 3.14. The highest BCUT2D eigenvalue weighted by Crippen LogP contribution is 2.50. The Balaban J connectivity index is 1.75. The number of fused-ring (bicyclic) bond motifs is 3. The molecule has 3 unspecified atom stereocenters. The van der Waals surface area contributed by atoms with Crippen molar-refractivity contribution in [2.75, 3.05) is 20.7 Å². The molecular formula is C25H23N3O4. The van der Waals surface area contributed by atoms with Crippen LogP contribution in [0, 0.1) is 5.92 Å². The maximum atomic E-state index is 13.6. The number of ketones is 1. The molecule has 1 aliphatic carbocycles. The quantitative estimate of drug-likeness (QED) is 0.756. The number of allylic oxidation sites excluding steroid dienone is 1. The molecule has 7 nitrogen and oxygen atoms in total. The van der Waals surface area contributed by atoms with E-state index < -0.39 is 18.0 Å². The fraction of sp³-hybridized carbons (Fsp3) is 0.240. The number of ether oxygens (including phenoxy) is 1. The molecule has 1 N–H and O–H groups in total. The van der Waals surface area contributed by atoms with E-state index in [-0.39, 0.29) is 17.7 Å². The van der Waals surface area contributed by atoms with Crippen LogP contribution >= 0.6 is 0 Å². The van der Waals surface area contributed by atoms with E-state index >= 15 is 0 Å². The third-order valence-electron chi connectivity index (χ3n) is 6.49. The molecule has 2 aromatic carbocycles. The molecule has 3 amide bonds. The van der Waals surface area contributed by atoms with Crippen molar-refractivity contribution < 1.29 is 19.1 Å². The van der Waals surface area contributed by atoms with Crippen molar-refractivity contribution in [1.82, 2.24) is 15.1 Å². The molecule has 0 radical (unpaired) electrons. The number of rotatable bonds is 4. The first-order valence-electron chi connectivity index (χ1n) is 10.5. The Morgan fingerprint density at radius 1 is 1.03 bits per heavy atom. The van der Waals surface area contributed by atoms with Gasteiger partial charge in [-0.2, -0.15) is 0 Å². The Morgan fingerprint density at radius 2 is 1.72 bits per heavy atom. The molecule has 1 fully saturated rings. The van der Waals surface area contributed by atoms with Crippen molar-refractivity contribution in [3.05, 3.63) is 83.4 Å². The van der Waals surface area contributed by atoms with Gasteiger partial charge in [-0.1, -0.05) is 55.1 Å². The van der Waals surface area contributed by atoms with Gasteiger partial charge in [-0.15, -0.1) is 0 Å². The Bertz CT molecular complexity index is 1200. The second-order valence-corrected chi connectivity index (χ2v) is 8.18. The number of nitrogens with zero attached hydrogens (tertiary/aromatic N) is 2. The molecule has 2 aromatic rings. The van der Waals surface area contributed by atoms with Gasteiger partial charge in [0.05, 0.1) is 11.6 Å². The molecule has 162 valence electrons. The van der Waals surface area contributed by atoms with Gasteiger partial charge in [-0.3, -0.25) is 14.5 Å². The van der Waals surface area contributed by atoms with Gasteiger partial charge in [-0.25, -0.2) is 4.79 Å². The zero-order valence-corrected chi connectivity index (χ0v) is 17.9. The Kier molecular flexibility index (Phi) is 4.62. The smallest absolute Gasteiger partial charge is 0.327 e. The first-order valence-corrected chi connectivity index (χ1v) is 10.5. The lowest BCUT2D eigenvalue weighted by Gasteiger charge is -2.48. The summed E-state index contributed by atoms with van der Waals surface area (Å²) in [6.45, 7) is 4.01. The average Bonchev–Trinajstić information content (AvgIpc) is 3.11. The van der Waals surface area contributed by atoms with Gasteiger partial charge < -0.3 is 15.0 Å². The molecular weight excluding hydrogens is 406 g/mol. The van der Waals surface area contributed by atoms with Crippen LogP contribution in [0.3, 0.4) is 0 Å². The number of carbonyl (C=O) groups is 3. The summed E-state index contributed by atoms with van der Waals surface area (Å²) in [5.74, 6) is -1.12. The van der Waals surface area contributed by atoms with E-state index in [2.05, 4.69) is 11.9 Å². The summed E-state index contributed by atoms with van der Waals surface area (Å²) in [5, 5.41) is 3.36. The number of hydrogen-bond donors (Lipinski definition) is 1. The molecule has 7 heteroatoms. The third-order valence-corrected chi connectivity index (χ3v) is 6.49. The largest absolute Gasteiger partial charge is 0.489 e. The van der Waals surface area contributed by atoms with Gasteiger partial charge in [0.2, 0.25) is 5.91 Å². The summed E-state index contributed by atoms with van der Waals surface area (Å²) >= 11 is 0. The van der Waals surface area contributed by atoms with E-state index in [0.717, 1.165) is 16.0 Å². The molecule has 1 saturated heterocycles. The third kappa shape index (κ3) is 2.70. The number of imide groups is 1. The second-order valence-electron chi connectivity index (χ2n) is 8.18. The number of urea groups is 1. The molecule has 2 heterocycles. The summed E-state index contributed by atoms with van der Waals surface area (Å²) in [6, 6.07) is 14.4. The molecule has 5 rings (SSSR count). The summed E-state index contributed by atoms with van der Waals surface area (Å²) in [6.07, 6.45) is 1.05. The average molecular weight is 429 g/mol. The van der Waals surface area contributed by atoms with Crippen molar-refractivity contribution in [3.8, 4) is 5.75 Å². The maximum Gasteiger partial charge on any atom is 0.327 e. The number of amides is 3. The highest BCUT2D eigenvalue weighted by Gasteiger charge is 2.55. The number of hydrogen-bond acceptors (Lipinski definition) is 5. The molecule has 0 bridgehead atoms. The zero-order valence-electron chi connectivity index (χ0n) is 17.9. The Hall–Kier alpha value is -3.87. The molecule has 3 atom stereocenters. The van der Waals surface area contributed by atoms with Crippen LogP contribution in [0.2, 0.25) is 0 Å². The van der Waals surface area contributed by atoms with E-state index in [9.17, 15) is 14.4 Å². The minimum atomic E-state index is -0.687. The fourth-order valence-electron chi connectivity index (χ4n) is 5.01. The first-order chi connectivity index (χ1) is 15.5. The van der Waals surface area contributed by atoms with Crippen molar-refractivity contribution in [2.45, 2.75) is 12.1 Å². The topological polar surface area (TPSA) is 79.0 Å². The Morgan fingerprint density at radius 3 is 2.47 bits per heavy atom. The summed E-state index contributed by atoms with van der Waals surface area (Å²) in [4.78, 5) is 42.4. The molecule has 0 saturated carbocycles. The minimum Gasteiger partial charge on any atom is -0.489 e. The highest BCUT2D eigenvalue weighted by molar-refractivity contribution is 6.22. The van der Waals surface area contributed by atoms with Crippen molar-refractivity contribution in [2.24, 2.45) is 5.92 Å². The summed E-state index contributed by atoms with van der Waals surface area (Å²) in [5.41, 5.74) is 3.32. The van der Waals surface area contributed by atoms with Crippen molar-refractivity contribution >= 4 is 23.4 Å². The lowest BCUT2D eigenvalue weighted by molar-refractivity contribution is -0.138. The van der Waals surface area contributed by atoms with Crippen LogP contribution in [0.15, 0.2) is 66.8 Å². The van der Waals surface area contributed by atoms with Gasteiger partial charge >= 0.3 is 6.03 Å². The predicted octanol–water partition coefficient (Wildman–Crippen LogP) is 3.01. The molecule has 3 aliphatic rings. The van der Waals surface area contributed by atoms with Crippen LogP contribution in [0.4, 0.5) is 4.79 Å². The number of para-hydroxylation sites is 1. The maximum absolute atomic E-state index is 13.6. The van der Waals surface area contributed by atoms with Crippen molar-refractivity contribution in [1.29, 1.82) is 0 Å². The van der Waals surface area contributed by atoms with Crippen LogP contribution < -0.4 is 10.1 Å². The normalized spacial score (nSPS) is 24.1. The van der Waals surface area contributed by atoms with Gasteiger partial charge in [-0.05, 0) is 6.07 Å². The van der Waals surface area contributed by atoms with E-state index in [1.807, 2.05) is 42.5 Å². The number of nitrogens with one attached hydrogen (secondary N) is 1. The van der Waals surface area contributed by atoms with Gasteiger partial charge in [0, 0.05) is 42.3 Å². The number of benzene rings is 2. The van der Waals surface area contributed by atoms with Gasteiger partial charge in [0.25, 0.3) is 0 Å². The minimum absolute atomic E-state index is 0.111. The molecule has 2 aliphatic heterocycles. The SMILES string of the molecule is C=CCOc1ccccc1C1C2=C(NC3C1C(=O)N(C)C(=O)N3C)c1ccccc1C2=O. The van der Waals surface area contributed by atoms with Crippen LogP contribution in [0.5, 0.6) is 5.75 Å². The first kappa shape index (κ1) is 20.1. The van der Waals surface area contributed by atoms with Crippen LogP contribution in [-0.2, 0) is 4.79 Å². The number of Topliss-reactive ketones (excluding diaryl/α,β-unsaturated/α-hetero) is 1. The van der Waals surface area contributed by atoms with Crippen LogP contribution in [0.25, 0.3) is 5.70 Å². The lowest BCUT2D eigenvalue weighted by Crippen LogP contribution is -2.66. The monoisotopic (exact) mass is 429 g/mol. The highest BCUT2D eigenvalue weighted by atomic mass is 16.5. The lowest BCUT2D eigenvalue weighted by atomic mass is 9.73. The zero-order chi connectivity index (χ0) is 22.6. The Labute approximate surface area is 186 Å². The van der Waals surface area contributed by atoms with Gasteiger partial charge in [0.1, 0.15) is 18.5 Å². The molecule has 32 heavy (non-hydrogen) atoms.